The minimum Gasteiger partial charge on any atom is -0.497 e. The number of rotatable bonds is 4. The maximum absolute atomic E-state index is 12.2. The molecule has 0 bridgehead atoms. The second-order valence-electron chi connectivity index (χ2n) is 5.04. The van der Waals surface area contributed by atoms with Crippen LogP contribution >= 0.6 is 11.3 Å². The zero-order valence-corrected chi connectivity index (χ0v) is 13.3. The molecule has 2 heterocycles. The van der Waals surface area contributed by atoms with Gasteiger partial charge in [-0.1, -0.05) is 0 Å². The number of anilines is 2. The fourth-order valence-corrected chi connectivity index (χ4v) is 2.94. The molecule has 0 saturated carbocycles. The molecule has 3 amide bonds. The zero-order valence-electron chi connectivity index (χ0n) is 12.5. The van der Waals surface area contributed by atoms with Crippen molar-refractivity contribution in [3.05, 3.63) is 35.8 Å². The van der Waals surface area contributed by atoms with E-state index in [-0.39, 0.29) is 24.4 Å². The van der Waals surface area contributed by atoms with Gasteiger partial charge in [-0.05, 0) is 24.3 Å². The van der Waals surface area contributed by atoms with Crippen molar-refractivity contribution in [3.63, 3.8) is 0 Å². The molecular formula is C15H16N4O3S. The van der Waals surface area contributed by atoms with E-state index in [0.29, 0.717) is 11.7 Å². The smallest absolute Gasteiger partial charge is 0.321 e. The number of methoxy groups -OCH3 is 1. The fourth-order valence-electron chi connectivity index (χ4n) is 2.42. The van der Waals surface area contributed by atoms with Crippen LogP contribution in [0.2, 0.25) is 0 Å². The van der Waals surface area contributed by atoms with Crippen LogP contribution in [0.5, 0.6) is 5.75 Å². The van der Waals surface area contributed by atoms with Gasteiger partial charge in [0.1, 0.15) is 5.75 Å². The summed E-state index contributed by atoms with van der Waals surface area (Å²) in [6.45, 7) is 0.441. The highest BCUT2D eigenvalue weighted by atomic mass is 32.1. The molecule has 23 heavy (non-hydrogen) atoms. The molecule has 1 aromatic heterocycles. The van der Waals surface area contributed by atoms with E-state index in [1.807, 2.05) is 12.1 Å². The predicted molar refractivity (Wildman–Crippen MR) is 88.0 cm³/mol. The topological polar surface area (TPSA) is 83.6 Å². The third-order valence-corrected chi connectivity index (χ3v) is 4.19. The fraction of sp³-hybridized carbons (Fsp3) is 0.267. The largest absolute Gasteiger partial charge is 0.497 e. The van der Waals surface area contributed by atoms with Gasteiger partial charge in [0.15, 0.2) is 5.13 Å². The van der Waals surface area contributed by atoms with Crippen molar-refractivity contribution in [1.82, 2.24) is 10.3 Å². The Morgan fingerprint density at radius 2 is 2.17 bits per heavy atom. The molecule has 1 atom stereocenters. The number of amides is 3. The Morgan fingerprint density at radius 3 is 2.83 bits per heavy atom. The van der Waals surface area contributed by atoms with E-state index in [2.05, 4.69) is 15.6 Å². The number of carbonyl (C=O) groups is 2. The van der Waals surface area contributed by atoms with Gasteiger partial charge < -0.3 is 15.0 Å². The van der Waals surface area contributed by atoms with E-state index < -0.39 is 0 Å². The Kier molecular flexibility index (Phi) is 4.42. The first-order valence-corrected chi connectivity index (χ1v) is 7.95. The van der Waals surface area contributed by atoms with Crippen LogP contribution in [0.15, 0.2) is 35.8 Å². The number of thiazole rings is 1. The Labute approximate surface area is 137 Å². The van der Waals surface area contributed by atoms with Gasteiger partial charge in [0, 0.05) is 30.2 Å². The summed E-state index contributed by atoms with van der Waals surface area (Å²) >= 11 is 1.34. The summed E-state index contributed by atoms with van der Waals surface area (Å²) in [6, 6.07) is 6.68. The molecule has 1 aromatic carbocycles. The molecule has 8 heteroatoms. The van der Waals surface area contributed by atoms with Crippen molar-refractivity contribution >= 4 is 34.1 Å². The Balaban J connectivity index is 1.59. The number of ether oxygens (including phenoxy) is 1. The van der Waals surface area contributed by atoms with Crippen LogP contribution in [0.3, 0.4) is 0 Å². The van der Waals surface area contributed by atoms with Crippen molar-refractivity contribution < 1.29 is 14.3 Å². The van der Waals surface area contributed by atoms with Gasteiger partial charge in [0.2, 0.25) is 5.91 Å². The number of benzene rings is 1. The highest BCUT2D eigenvalue weighted by Crippen LogP contribution is 2.24. The molecule has 1 fully saturated rings. The maximum Gasteiger partial charge on any atom is 0.321 e. The number of hydrogen-bond acceptors (Lipinski definition) is 5. The van der Waals surface area contributed by atoms with Crippen LogP contribution in [0.4, 0.5) is 15.6 Å². The minimum absolute atomic E-state index is 0.0188. The normalized spacial score (nSPS) is 17.2. The SMILES string of the molecule is COc1ccc(N2CC(NC(=O)Nc3nccs3)CC2=O)cc1. The summed E-state index contributed by atoms with van der Waals surface area (Å²) in [4.78, 5) is 29.7. The van der Waals surface area contributed by atoms with Crippen molar-refractivity contribution in [1.29, 1.82) is 0 Å². The third kappa shape index (κ3) is 3.59. The van der Waals surface area contributed by atoms with Crippen LogP contribution in [-0.2, 0) is 4.79 Å². The summed E-state index contributed by atoms with van der Waals surface area (Å²) < 4.78 is 5.11. The van der Waals surface area contributed by atoms with E-state index in [9.17, 15) is 9.59 Å². The maximum atomic E-state index is 12.2. The molecule has 0 spiro atoms. The molecule has 3 rings (SSSR count). The summed E-state index contributed by atoms with van der Waals surface area (Å²) in [5.41, 5.74) is 0.792. The Hall–Kier alpha value is -2.61. The number of urea groups is 1. The molecule has 2 aromatic rings. The number of nitrogens with zero attached hydrogens (tertiary/aromatic N) is 2. The van der Waals surface area contributed by atoms with Crippen molar-refractivity contribution in [2.75, 3.05) is 23.9 Å². The first-order chi connectivity index (χ1) is 11.2. The van der Waals surface area contributed by atoms with Crippen LogP contribution in [0.25, 0.3) is 0 Å². The van der Waals surface area contributed by atoms with Gasteiger partial charge in [0.25, 0.3) is 0 Å². The number of carbonyl (C=O) groups excluding carboxylic acids is 2. The average Bonchev–Trinajstić information content (AvgIpc) is 3.17. The number of nitrogens with one attached hydrogen (secondary N) is 2. The quantitative estimate of drug-likeness (QED) is 0.898. The first kappa shape index (κ1) is 15.3. The first-order valence-electron chi connectivity index (χ1n) is 7.07. The van der Waals surface area contributed by atoms with Crippen molar-refractivity contribution in [3.8, 4) is 5.75 Å². The van der Waals surface area contributed by atoms with Crippen molar-refractivity contribution in [2.45, 2.75) is 12.5 Å². The van der Waals surface area contributed by atoms with Gasteiger partial charge in [-0.3, -0.25) is 10.1 Å². The van der Waals surface area contributed by atoms with Gasteiger partial charge in [-0.15, -0.1) is 11.3 Å². The third-order valence-electron chi connectivity index (χ3n) is 3.50. The highest BCUT2D eigenvalue weighted by Gasteiger charge is 2.31. The van der Waals surface area contributed by atoms with E-state index in [4.69, 9.17) is 4.74 Å². The predicted octanol–water partition coefficient (Wildman–Crippen LogP) is 2.08. The molecule has 0 aliphatic carbocycles. The standard InChI is InChI=1S/C15H16N4O3S/c1-22-12-4-2-11(3-5-12)19-9-10(8-13(19)20)17-14(21)18-15-16-6-7-23-15/h2-7,10H,8-9H2,1H3,(H2,16,17,18,21). The molecule has 1 aliphatic heterocycles. The lowest BCUT2D eigenvalue weighted by Gasteiger charge is -2.17. The minimum atomic E-state index is -0.352. The lowest BCUT2D eigenvalue weighted by molar-refractivity contribution is -0.117. The second-order valence-corrected chi connectivity index (χ2v) is 5.93. The van der Waals surface area contributed by atoms with Crippen LogP contribution < -0.4 is 20.3 Å². The van der Waals surface area contributed by atoms with E-state index in [1.54, 1.807) is 35.7 Å². The molecule has 1 aliphatic rings. The highest BCUT2D eigenvalue weighted by molar-refractivity contribution is 7.13. The van der Waals surface area contributed by atoms with E-state index in [0.717, 1.165) is 11.4 Å². The molecule has 1 saturated heterocycles. The van der Waals surface area contributed by atoms with Gasteiger partial charge in [-0.25, -0.2) is 9.78 Å². The average molecular weight is 332 g/mol. The second kappa shape index (κ2) is 6.66. The molecule has 1 unspecified atom stereocenters. The summed E-state index contributed by atoms with van der Waals surface area (Å²) in [5, 5.41) is 7.75. The molecule has 120 valence electrons. The summed E-state index contributed by atoms with van der Waals surface area (Å²) in [5.74, 6) is 0.715. The lowest BCUT2D eigenvalue weighted by atomic mass is 10.2. The van der Waals surface area contributed by atoms with Gasteiger partial charge in [0.05, 0.1) is 13.2 Å². The lowest BCUT2D eigenvalue weighted by Crippen LogP contribution is -2.39. The summed E-state index contributed by atoms with van der Waals surface area (Å²) in [6.07, 6.45) is 1.89. The Morgan fingerprint density at radius 1 is 1.39 bits per heavy atom. The molecule has 0 radical (unpaired) electrons. The molecular weight excluding hydrogens is 316 g/mol. The van der Waals surface area contributed by atoms with E-state index in [1.165, 1.54) is 11.3 Å². The number of aromatic nitrogens is 1. The van der Waals surface area contributed by atoms with Gasteiger partial charge >= 0.3 is 6.03 Å². The molecule has 2 N–H and O–H groups in total. The van der Waals surface area contributed by atoms with Gasteiger partial charge in [-0.2, -0.15) is 0 Å². The van der Waals surface area contributed by atoms with Crippen LogP contribution in [0.1, 0.15) is 6.42 Å². The summed E-state index contributed by atoms with van der Waals surface area (Å²) in [7, 11) is 1.59. The van der Waals surface area contributed by atoms with E-state index >= 15 is 0 Å². The monoisotopic (exact) mass is 332 g/mol. The zero-order chi connectivity index (χ0) is 16.2. The van der Waals surface area contributed by atoms with Crippen LogP contribution in [0, 0.1) is 0 Å². The van der Waals surface area contributed by atoms with Crippen LogP contribution in [-0.4, -0.2) is 36.6 Å². The number of hydrogen-bond donors (Lipinski definition) is 2. The van der Waals surface area contributed by atoms with Crippen molar-refractivity contribution in [2.24, 2.45) is 0 Å². The Bertz CT molecular complexity index is 687. The molecule has 7 nitrogen and oxygen atoms in total.